The van der Waals surface area contributed by atoms with Gasteiger partial charge in [0.25, 0.3) is 11.8 Å². The third-order valence-corrected chi connectivity index (χ3v) is 5.54. The minimum Gasteiger partial charge on any atom is -0.490 e. The largest absolute Gasteiger partial charge is 0.490 e. The van der Waals surface area contributed by atoms with Crippen LogP contribution in [-0.4, -0.2) is 31.1 Å². The molecular formula is C26H21Cl2N3O5. The van der Waals surface area contributed by atoms with E-state index in [9.17, 15) is 14.4 Å². The van der Waals surface area contributed by atoms with Gasteiger partial charge >= 0.3 is 6.03 Å². The summed E-state index contributed by atoms with van der Waals surface area (Å²) in [6, 6.07) is 17.9. The van der Waals surface area contributed by atoms with Crippen molar-refractivity contribution in [3.8, 4) is 11.5 Å². The van der Waals surface area contributed by atoms with Gasteiger partial charge in [-0.05, 0) is 67.1 Å². The first kappa shape index (κ1) is 25.1. The number of hydrogen-bond donors (Lipinski definition) is 2. The lowest BCUT2D eigenvalue weighted by atomic mass is 10.1. The number of hydrogen-bond acceptors (Lipinski definition) is 5. The Morgan fingerprint density at radius 2 is 1.75 bits per heavy atom. The van der Waals surface area contributed by atoms with Gasteiger partial charge in [0.2, 0.25) is 0 Å². The highest BCUT2D eigenvalue weighted by Crippen LogP contribution is 2.37. The number of para-hydroxylation sites is 1. The molecule has 0 aliphatic carbocycles. The summed E-state index contributed by atoms with van der Waals surface area (Å²) in [4.78, 5) is 38.6. The number of urea groups is 1. The van der Waals surface area contributed by atoms with E-state index >= 15 is 0 Å². The second kappa shape index (κ2) is 11.2. The predicted molar refractivity (Wildman–Crippen MR) is 139 cm³/mol. The number of rotatable bonds is 8. The number of carbonyl (C=O) groups excluding carboxylic acids is 3. The van der Waals surface area contributed by atoms with Crippen molar-refractivity contribution in [2.75, 3.05) is 23.4 Å². The predicted octanol–water partition coefficient (Wildman–Crippen LogP) is 5.51. The molecule has 8 nitrogen and oxygen atoms in total. The van der Waals surface area contributed by atoms with Crippen LogP contribution in [0.2, 0.25) is 10.0 Å². The highest BCUT2D eigenvalue weighted by molar-refractivity contribution is 6.33. The summed E-state index contributed by atoms with van der Waals surface area (Å²) >= 11 is 12.3. The second-order valence-electron chi connectivity index (χ2n) is 7.57. The number of nitrogens with one attached hydrogen (secondary N) is 2. The van der Waals surface area contributed by atoms with E-state index in [1.165, 1.54) is 6.08 Å². The summed E-state index contributed by atoms with van der Waals surface area (Å²) in [5.74, 6) is -0.425. The number of benzene rings is 3. The third kappa shape index (κ3) is 5.79. The van der Waals surface area contributed by atoms with Crippen molar-refractivity contribution < 1.29 is 23.9 Å². The molecular weight excluding hydrogens is 505 g/mol. The molecule has 1 saturated heterocycles. The van der Waals surface area contributed by atoms with Crippen LogP contribution in [0.25, 0.3) is 6.08 Å². The van der Waals surface area contributed by atoms with E-state index in [1.807, 2.05) is 6.07 Å². The number of ether oxygens (including phenoxy) is 2. The number of halogens is 2. The minimum absolute atomic E-state index is 0.0596. The Morgan fingerprint density at radius 1 is 1.03 bits per heavy atom. The lowest BCUT2D eigenvalue weighted by molar-refractivity contribution is -0.118. The molecule has 1 aliphatic heterocycles. The van der Waals surface area contributed by atoms with Crippen LogP contribution in [0.1, 0.15) is 12.5 Å². The van der Waals surface area contributed by atoms with E-state index in [4.69, 9.17) is 32.7 Å². The van der Waals surface area contributed by atoms with Gasteiger partial charge in [-0.1, -0.05) is 41.4 Å². The molecule has 4 rings (SSSR count). The van der Waals surface area contributed by atoms with Crippen molar-refractivity contribution in [2.45, 2.75) is 6.92 Å². The number of amides is 4. The van der Waals surface area contributed by atoms with Gasteiger partial charge in [-0.3, -0.25) is 9.59 Å². The smallest absolute Gasteiger partial charge is 0.333 e. The maximum atomic E-state index is 12.9. The fourth-order valence-electron chi connectivity index (χ4n) is 3.46. The van der Waals surface area contributed by atoms with Crippen LogP contribution in [0, 0.1) is 0 Å². The molecule has 0 radical (unpaired) electrons. The first-order valence-electron chi connectivity index (χ1n) is 10.9. The normalized spacial score (nSPS) is 14.1. The lowest BCUT2D eigenvalue weighted by Crippen LogP contribution is -2.30. The SMILES string of the molecule is CCOc1cc(/C=C2/NC(=O)N(c3ccc(Cl)cc3)C2=O)cc(Cl)c1OCC(=O)Nc1ccccc1. The van der Waals surface area contributed by atoms with Gasteiger partial charge in [-0.15, -0.1) is 0 Å². The molecule has 0 unspecified atom stereocenters. The van der Waals surface area contributed by atoms with E-state index < -0.39 is 11.9 Å². The molecule has 2 N–H and O–H groups in total. The lowest BCUT2D eigenvalue weighted by Gasteiger charge is -2.14. The van der Waals surface area contributed by atoms with Gasteiger partial charge in [-0.25, -0.2) is 9.69 Å². The zero-order valence-corrected chi connectivity index (χ0v) is 20.6. The Bertz CT molecular complexity index is 1330. The molecule has 10 heteroatoms. The van der Waals surface area contributed by atoms with Gasteiger partial charge in [0.15, 0.2) is 18.1 Å². The van der Waals surface area contributed by atoms with Gasteiger partial charge in [-0.2, -0.15) is 0 Å². The quantitative estimate of drug-likeness (QED) is 0.298. The van der Waals surface area contributed by atoms with E-state index in [-0.39, 0.29) is 34.7 Å². The summed E-state index contributed by atoms with van der Waals surface area (Å²) in [5.41, 5.74) is 1.58. The van der Waals surface area contributed by atoms with E-state index in [2.05, 4.69) is 10.6 Å². The Hall–Kier alpha value is -4.01. The molecule has 0 saturated carbocycles. The Morgan fingerprint density at radius 3 is 2.44 bits per heavy atom. The average Bonchev–Trinajstić information content (AvgIpc) is 3.12. The summed E-state index contributed by atoms with van der Waals surface area (Å²) < 4.78 is 11.3. The minimum atomic E-state index is -0.589. The van der Waals surface area contributed by atoms with Gasteiger partial charge in [0.05, 0.1) is 17.3 Å². The molecule has 1 fully saturated rings. The van der Waals surface area contributed by atoms with Gasteiger partial charge < -0.3 is 20.1 Å². The molecule has 0 bridgehead atoms. The van der Waals surface area contributed by atoms with Crippen LogP contribution in [0.15, 0.2) is 72.4 Å². The van der Waals surface area contributed by atoms with Crippen LogP contribution in [0.4, 0.5) is 16.2 Å². The second-order valence-corrected chi connectivity index (χ2v) is 8.41. The van der Waals surface area contributed by atoms with Gasteiger partial charge in [0, 0.05) is 10.7 Å². The summed E-state index contributed by atoms with van der Waals surface area (Å²) in [6.45, 7) is 1.80. The maximum Gasteiger partial charge on any atom is 0.333 e. The Balaban J connectivity index is 1.53. The number of anilines is 2. The first-order chi connectivity index (χ1) is 17.4. The zero-order valence-electron chi connectivity index (χ0n) is 19.1. The molecule has 0 spiro atoms. The van der Waals surface area contributed by atoms with Crippen LogP contribution < -0.4 is 25.0 Å². The standard InChI is InChI=1S/C26H21Cl2N3O5/c1-2-35-22-14-16(12-20(28)24(22)36-15-23(32)29-18-6-4-3-5-7-18)13-21-25(33)31(26(34)30-21)19-10-8-17(27)9-11-19/h3-14H,2,15H2,1H3,(H,29,32)(H,30,34)/b21-13+. The molecule has 0 atom stereocenters. The maximum absolute atomic E-state index is 12.9. The monoisotopic (exact) mass is 525 g/mol. The topological polar surface area (TPSA) is 97.0 Å². The average molecular weight is 526 g/mol. The van der Waals surface area contributed by atoms with Crippen LogP contribution in [0.5, 0.6) is 11.5 Å². The molecule has 1 heterocycles. The van der Waals surface area contributed by atoms with Crippen molar-refractivity contribution in [1.82, 2.24) is 5.32 Å². The van der Waals surface area contributed by atoms with Crippen molar-refractivity contribution in [2.24, 2.45) is 0 Å². The van der Waals surface area contributed by atoms with Crippen molar-refractivity contribution in [3.63, 3.8) is 0 Å². The summed E-state index contributed by atoms with van der Waals surface area (Å²) in [5, 5.41) is 5.95. The molecule has 0 aromatic heterocycles. The summed E-state index contributed by atoms with van der Waals surface area (Å²) in [7, 11) is 0. The Labute approximate surface area is 217 Å². The van der Waals surface area contributed by atoms with Crippen LogP contribution in [0.3, 0.4) is 0 Å². The zero-order chi connectivity index (χ0) is 25.7. The van der Waals surface area contributed by atoms with E-state index in [0.717, 1.165) is 4.90 Å². The number of nitrogens with zero attached hydrogens (tertiary/aromatic N) is 1. The number of imide groups is 1. The fourth-order valence-corrected chi connectivity index (χ4v) is 3.86. The fraction of sp³-hybridized carbons (Fsp3) is 0.115. The highest BCUT2D eigenvalue weighted by atomic mass is 35.5. The van der Waals surface area contributed by atoms with E-state index in [0.29, 0.717) is 28.6 Å². The molecule has 3 aromatic rings. The van der Waals surface area contributed by atoms with E-state index in [1.54, 1.807) is 67.6 Å². The summed E-state index contributed by atoms with van der Waals surface area (Å²) in [6.07, 6.45) is 1.48. The van der Waals surface area contributed by atoms with Crippen LogP contribution in [-0.2, 0) is 9.59 Å². The first-order valence-corrected chi connectivity index (χ1v) is 11.7. The number of carbonyl (C=O) groups is 3. The molecule has 3 aromatic carbocycles. The molecule has 4 amide bonds. The van der Waals surface area contributed by atoms with Crippen molar-refractivity contribution >= 4 is 58.5 Å². The van der Waals surface area contributed by atoms with Gasteiger partial charge in [0.1, 0.15) is 5.70 Å². The molecule has 1 aliphatic rings. The molecule has 184 valence electrons. The molecule has 36 heavy (non-hydrogen) atoms. The third-order valence-electron chi connectivity index (χ3n) is 5.01. The Kier molecular flexibility index (Phi) is 7.77. The van der Waals surface area contributed by atoms with Crippen molar-refractivity contribution in [3.05, 3.63) is 88.0 Å². The van der Waals surface area contributed by atoms with Crippen LogP contribution >= 0.6 is 23.2 Å². The van der Waals surface area contributed by atoms with Crippen molar-refractivity contribution in [1.29, 1.82) is 0 Å². The highest BCUT2D eigenvalue weighted by Gasteiger charge is 2.35.